The van der Waals surface area contributed by atoms with Gasteiger partial charge in [0.1, 0.15) is 6.10 Å². The fraction of sp³-hybridized carbons (Fsp3) is 0.895. The van der Waals surface area contributed by atoms with Gasteiger partial charge in [-0.2, -0.15) is 0 Å². The molecule has 0 saturated carbocycles. The number of hydrogen-bond donors (Lipinski definition) is 0. The number of carbonyl (C=O) groups excluding carboxylic acids is 2. The highest BCUT2D eigenvalue weighted by Crippen LogP contribution is 2.25. The third kappa shape index (κ3) is 9.09. The zero-order chi connectivity index (χ0) is 16.9. The molecule has 1 heterocycles. The summed E-state index contributed by atoms with van der Waals surface area (Å²) in [6.45, 7) is 2.21. The Morgan fingerprint density at radius 1 is 1.04 bits per heavy atom. The summed E-state index contributed by atoms with van der Waals surface area (Å²) in [5, 5.41) is 0. The highest BCUT2D eigenvalue weighted by Gasteiger charge is 2.32. The SMILES string of the molecule is CCCCCCC1CC(=O)C(CCCCCCCC(=O)OC)O1. The number of hydrogen-bond acceptors (Lipinski definition) is 4. The number of carbonyl (C=O) groups is 2. The summed E-state index contributed by atoms with van der Waals surface area (Å²) < 4.78 is 10.5. The molecular formula is C19H34O4. The molecule has 2 unspecified atom stereocenters. The van der Waals surface area contributed by atoms with Gasteiger partial charge in [-0.25, -0.2) is 0 Å². The fourth-order valence-electron chi connectivity index (χ4n) is 3.14. The van der Waals surface area contributed by atoms with E-state index in [0.29, 0.717) is 18.6 Å². The Bertz CT molecular complexity index is 340. The molecule has 0 aromatic heterocycles. The molecule has 0 aliphatic carbocycles. The zero-order valence-electron chi connectivity index (χ0n) is 15.0. The molecule has 23 heavy (non-hydrogen) atoms. The van der Waals surface area contributed by atoms with Gasteiger partial charge in [-0.15, -0.1) is 0 Å². The van der Waals surface area contributed by atoms with Crippen LogP contribution in [0.4, 0.5) is 0 Å². The van der Waals surface area contributed by atoms with Crippen molar-refractivity contribution < 1.29 is 19.1 Å². The van der Waals surface area contributed by atoms with Crippen LogP contribution in [0.3, 0.4) is 0 Å². The van der Waals surface area contributed by atoms with Gasteiger partial charge >= 0.3 is 5.97 Å². The van der Waals surface area contributed by atoms with Crippen LogP contribution in [-0.4, -0.2) is 31.1 Å². The van der Waals surface area contributed by atoms with Crippen LogP contribution < -0.4 is 0 Å². The van der Waals surface area contributed by atoms with Gasteiger partial charge in [-0.3, -0.25) is 9.59 Å². The van der Waals surface area contributed by atoms with Crippen molar-refractivity contribution in [1.82, 2.24) is 0 Å². The standard InChI is InChI=1S/C19H34O4/c1-3-4-5-9-12-16-15-17(20)18(23-16)13-10-7-6-8-11-14-19(21)22-2/h16,18H,3-15H2,1-2H3. The van der Waals surface area contributed by atoms with Gasteiger partial charge in [0.25, 0.3) is 0 Å². The topological polar surface area (TPSA) is 52.6 Å². The normalized spacial score (nSPS) is 20.9. The summed E-state index contributed by atoms with van der Waals surface area (Å²) >= 11 is 0. The average Bonchev–Trinajstić information content (AvgIpc) is 2.90. The molecule has 134 valence electrons. The number of esters is 1. The molecule has 1 aliphatic heterocycles. The lowest BCUT2D eigenvalue weighted by atomic mass is 10.0. The molecule has 4 heteroatoms. The van der Waals surface area contributed by atoms with Crippen LogP contribution >= 0.6 is 0 Å². The van der Waals surface area contributed by atoms with E-state index in [1.807, 2.05) is 0 Å². The number of rotatable bonds is 13. The number of Topliss-reactive ketones (excluding diaryl/α,β-unsaturated/α-hetero) is 1. The van der Waals surface area contributed by atoms with Crippen LogP contribution in [0.1, 0.15) is 90.4 Å². The molecule has 0 radical (unpaired) electrons. The van der Waals surface area contributed by atoms with Crippen molar-refractivity contribution in [3.63, 3.8) is 0 Å². The second-order valence-electron chi connectivity index (χ2n) is 6.65. The van der Waals surface area contributed by atoms with Gasteiger partial charge in [0, 0.05) is 12.8 Å². The predicted molar refractivity (Wildman–Crippen MR) is 91.4 cm³/mol. The smallest absolute Gasteiger partial charge is 0.305 e. The maximum absolute atomic E-state index is 12.0. The Hall–Kier alpha value is -0.900. The minimum absolute atomic E-state index is 0.125. The quantitative estimate of drug-likeness (QED) is 0.367. The van der Waals surface area contributed by atoms with Crippen molar-refractivity contribution in [2.75, 3.05) is 7.11 Å². The molecule has 1 fully saturated rings. The van der Waals surface area contributed by atoms with Crippen molar-refractivity contribution in [2.24, 2.45) is 0 Å². The summed E-state index contributed by atoms with van der Waals surface area (Å²) in [7, 11) is 1.43. The first-order valence-corrected chi connectivity index (χ1v) is 9.42. The molecule has 0 spiro atoms. The summed E-state index contributed by atoms with van der Waals surface area (Å²) in [6, 6.07) is 0. The summed E-state index contributed by atoms with van der Waals surface area (Å²) in [6.07, 6.45) is 13.2. The Morgan fingerprint density at radius 3 is 2.43 bits per heavy atom. The van der Waals surface area contributed by atoms with Crippen LogP contribution in [-0.2, 0) is 19.1 Å². The van der Waals surface area contributed by atoms with E-state index < -0.39 is 0 Å². The molecular weight excluding hydrogens is 292 g/mol. The van der Waals surface area contributed by atoms with Crippen molar-refractivity contribution in [3.8, 4) is 0 Å². The van der Waals surface area contributed by atoms with E-state index in [1.54, 1.807) is 0 Å². The third-order valence-corrected chi connectivity index (χ3v) is 4.60. The Morgan fingerprint density at radius 2 is 1.70 bits per heavy atom. The molecule has 0 aromatic rings. The Labute approximate surface area is 141 Å². The maximum atomic E-state index is 12.0. The number of unbranched alkanes of at least 4 members (excludes halogenated alkanes) is 7. The van der Waals surface area contributed by atoms with E-state index in [-0.39, 0.29) is 18.2 Å². The molecule has 4 nitrogen and oxygen atoms in total. The lowest BCUT2D eigenvalue weighted by Gasteiger charge is -2.12. The first-order valence-electron chi connectivity index (χ1n) is 9.42. The number of ketones is 1. The number of methoxy groups -OCH3 is 1. The minimum Gasteiger partial charge on any atom is -0.469 e. The van der Waals surface area contributed by atoms with E-state index in [4.69, 9.17) is 4.74 Å². The van der Waals surface area contributed by atoms with Crippen molar-refractivity contribution in [3.05, 3.63) is 0 Å². The summed E-state index contributed by atoms with van der Waals surface area (Å²) in [4.78, 5) is 22.9. The molecule has 0 bridgehead atoms. The maximum Gasteiger partial charge on any atom is 0.305 e. The van der Waals surface area contributed by atoms with Gasteiger partial charge in [-0.05, 0) is 19.3 Å². The van der Waals surface area contributed by atoms with E-state index in [9.17, 15) is 9.59 Å². The lowest BCUT2D eigenvalue weighted by Crippen LogP contribution is -2.15. The monoisotopic (exact) mass is 326 g/mol. The second-order valence-corrected chi connectivity index (χ2v) is 6.65. The second kappa shape index (κ2) is 12.5. The van der Waals surface area contributed by atoms with Crippen molar-refractivity contribution in [2.45, 2.75) is 103 Å². The van der Waals surface area contributed by atoms with Crippen LogP contribution in [0, 0.1) is 0 Å². The molecule has 0 N–H and O–H groups in total. The third-order valence-electron chi connectivity index (χ3n) is 4.60. The molecule has 1 rings (SSSR count). The molecule has 2 atom stereocenters. The zero-order valence-corrected chi connectivity index (χ0v) is 15.0. The fourth-order valence-corrected chi connectivity index (χ4v) is 3.14. The van der Waals surface area contributed by atoms with Crippen molar-refractivity contribution >= 4 is 11.8 Å². The van der Waals surface area contributed by atoms with Crippen LogP contribution in [0.2, 0.25) is 0 Å². The summed E-state index contributed by atoms with van der Waals surface area (Å²) in [5.41, 5.74) is 0. The minimum atomic E-state index is -0.152. The number of ether oxygens (including phenoxy) is 2. The van der Waals surface area contributed by atoms with Crippen molar-refractivity contribution in [1.29, 1.82) is 0 Å². The van der Waals surface area contributed by atoms with Crippen LogP contribution in [0.5, 0.6) is 0 Å². The van der Waals surface area contributed by atoms with Gasteiger partial charge in [-0.1, -0.05) is 58.3 Å². The molecule has 0 aromatic carbocycles. The molecule has 0 amide bonds. The van der Waals surface area contributed by atoms with Crippen LogP contribution in [0.15, 0.2) is 0 Å². The Kier molecular flexibility index (Phi) is 11.0. The van der Waals surface area contributed by atoms with E-state index in [2.05, 4.69) is 11.7 Å². The highest BCUT2D eigenvalue weighted by molar-refractivity contribution is 5.85. The summed E-state index contributed by atoms with van der Waals surface area (Å²) in [5.74, 6) is 0.177. The van der Waals surface area contributed by atoms with Gasteiger partial charge in [0.15, 0.2) is 5.78 Å². The van der Waals surface area contributed by atoms with Crippen LogP contribution in [0.25, 0.3) is 0 Å². The largest absolute Gasteiger partial charge is 0.469 e. The predicted octanol–water partition coefficient (Wildman–Crippen LogP) is 4.59. The first kappa shape index (κ1) is 20.1. The first-order chi connectivity index (χ1) is 11.2. The lowest BCUT2D eigenvalue weighted by molar-refractivity contribution is -0.140. The van der Waals surface area contributed by atoms with Gasteiger partial charge < -0.3 is 9.47 Å². The van der Waals surface area contributed by atoms with E-state index in [0.717, 1.165) is 44.9 Å². The average molecular weight is 326 g/mol. The van der Waals surface area contributed by atoms with E-state index in [1.165, 1.54) is 32.8 Å². The van der Waals surface area contributed by atoms with E-state index >= 15 is 0 Å². The van der Waals surface area contributed by atoms with Gasteiger partial charge in [0.05, 0.1) is 13.2 Å². The molecule has 1 aliphatic rings. The highest BCUT2D eigenvalue weighted by atomic mass is 16.5. The van der Waals surface area contributed by atoms with Gasteiger partial charge in [0.2, 0.25) is 0 Å². The molecule has 1 saturated heterocycles. The Balaban J connectivity index is 2.00.